The number of nitrogens with one attached hydrogen (secondary N) is 2. The van der Waals surface area contributed by atoms with Gasteiger partial charge in [0, 0.05) is 13.6 Å². The van der Waals surface area contributed by atoms with Crippen molar-refractivity contribution in [1.82, 2.24) is 15.5 Å². The molecule has 1 heterocycles. The van der Waals surface area contributed by atoms with E-state index < -0.39 is 24.1 Å². The minimum Gasteiger partial charge on any atom is -0.480 e. The van der Waals surface area contributed by atoms with Crippen LogP contribution in [0.15, 0.2) is 0 Å². The zero-order chi connectivity index (χ0) is 14.9. The number of likely N-dealkylation sites (tertiary alicyclic amines) is 1. The van der Waals surface area contributed by atoms with E-state index in [0.29, 0.717) is 6.54 Å². The molecule has 0 bridgehead atoms. The van der Waals surface area contributed by atoms with Crippen LogP contribution in [0, 0.1) is 11.8 Å². The molecule has 1 aliphatic carbocycles. The van der Waals surface area contributed by atoms with Gasteiger partial charge in [-0.15, -0.1) is 0 Å². The Morgan fingerprint density at radius 2 is 2.00 bits per heavy atom. The van der Waals surface area contributed by atoms with Crippen LogP contribution in [0.3, 0.4) is 0 Å². The lowest BCUT2D eigenvalue weighted by molar-refractivity contribution is -0.142. The minimum atomic E-state index is -0.956. The molecule has 7 heteroatoms. The number of urea groups is 1. The Morgan fingerprint density at radius 1 is 1.30 bits per heavy atom. The SMILES string of the molecule is CNC(=O)C(C)NC(=O)N1CC2CCCC2C1C(=O)O. The summed E-state index contributed by atoms with van der Waals surface area (Å²) in [7, 11) is 1.49. The molecule has 2 aliphatic rings. The molecule has 0 spiro atoms. The highest BCUT2D eigenvalue weighted by Gasteiger charge is 2.49. The quantitative estimate of drug-likeness (QED) is 0.679. The van der Waals surface area contributed by atoms with Crippen molar-refractivity contribution in [3.05, 3.63) is 0 Å². The lowest BCUT2D eigenvalue weighted by Gasteiger charge is -2.26. The monoisotopic (exact) mass is 283 g/mol. The van der Waals surface area contributed by atoms with Crippen molar-refractivity contribution in [2.45, 2.75) is 38.3 Å². The zero-order valence-electron chi connectivity index (χ0n) is 11.8. The van der Waals surface area contributed by atoms with E-state index in [-0.39, 0.29) is 17.7 Å². The van der Waals surface area contributed by atoms with Crippen molar-refractivity contribution in [3.8, 4) is 0 Å². The number of carbonyl (C=O) groups is 3. The van der Waals surface area contributed by atoms with E-state index in [2.05, 4.69) is 10.6 Å². The van der Waals surface area contributed by atoms with Gasteiger partial charge in [0.25, 0.3) is 0 Å². The summed E-state index contributed by atoms with van der Waals surface area (Å²) in [5.74, 6) is -0.933. The molecule has 3 N–H and O–H groups in total. The highest BCUT2D eigenvalue weighted by molar-refractivity contribution is 5.89. The number of aliphatic carboxylic acids is 1. The van der Waals surface area contributed by atoms with Gasteiger partial charge in [-0.25, -0.2) is 9.59 Å². The van der Waals surface area contributed by atoms with Crippen LogP contribution in [0.2, 0.25) is 0 Å². The lowest BCUT2D eigenvalue weighted by atomic mass is 9.94. The lowest BCUT2D eigenvalue weighted by Crippen LogP contribution is -2.53. The maximum Gasteiger partial charge on any atom is 0.326 e. The van der Waals surface area contributed by atoms with Gasteiger partial charge in [0.05, 0.1) is 0 Å². The molecule has 4 unspecified atom stereocenters. The minimum absolute atomic E-state index is 0.0496. The van der Waals surface area contributed by atoms with Crippen LogP contribution in [0.5, 0.6) is 0 Å². The normalized spacial score (nSPS) is 29.7. The first-order chi connectivity index (χ1) is 9.45. The molecule has 1 saturated carbocycles. The molecule has 112 valence electrons. The molecule has 2 rings (SSSR count). The van der Waals surface area contributed by atoms with Crippen LogP contribution in [-0.4, -0.2) is 53.6 Å². The number of carboxylic acid groups (broad SMARTS) is 1. The molecule has 20 heavy (non-hydrogen) atoms. The average Bonchev–Trinajstić information content (AvgIpc) is 2.96. The Balaban J connectivity index is 2.05. The van der Waals surface area contributed by atoms with Crippen LogP contribution in [0.4, 0.5) is 4.79 Å². The Morgan fingerprint density at radius 3 is 2.60 bits per heavy atom. The topological polar surface area (TPSA) is 98.7 Å². The summed E-state index contributed by atoms with van der Waals surface area (Å²) in [6.07, 6.45) is 2.86. The van der Waals surface area contributed by atoms with E-state index in [9.17, 15) is 19.5 Å². The highest BCUT2D eigenvalue weighted by Crippen LogP contribution is 2.42. The van der Waals surface area contributed by atoms with Crippen molar-refractivity contribution in [2.24, 2.45) is 11.8 Å². The standard InChI is InChI=1S/C13H21N3O4/c1-7(11(17)14-2)15-13(20)16-6-8-4-3-5-9(8)10(16)12(18)19/h7-10H,3-6H2,1-2H3,(H,14,17)(H,15,20)(H,18,19). The van der Waals surface area contributed by atoms with Crippen LogP contribution >= 0.6 is 0 Å². The van der Waals surface area contributed by atoms with Crippen molar-refractivity contribution in [1.29, 1.82) is 0 Å². The van der Waals surface area contributed by atoms with Crippen LogP contribution in [-0.2, 0) is 9.59 Å². The molecule has 1 saturated heterocycles. The van der Waals surface area contributed by atoms with E-state index >= 15 is 0 Å². The number of hydrogen-bond donors (Lipinski definition) is 3. The number of amides is 3. The Bertz CT molecular complexity index is 426. The largest absolute Gasteiger partial charge is 0.480 e. The summed E-state index contributed by atoms with van der Waals surface area (Å²) in [4.78, 5) is 36.4. The molecule has 7 nitrogen and oxygen atoms in total. The Labute approximate surface area is 117 Å². The molecular weight excluding hydrogens is 262 g/mol. The fourth-order valence-corrected chi connectivity index (χ4v) is 3.38. The van der Waals surface area contributed by atoms with E-state index in [0.717, 1.165) is 19.3 Å². The number of carbonyl (C=O) groups excluding carboxylic acids is 2. The third-order valence-corrected chi connectivity index (χ3v) is 4.38. The van der Waals surface area contributed by atoms with Crippen LogP contribution in [0.1, 0.15) is 26.2 Å². The third-order valence-electron chi connectivity index (χ3n) is 4.38. The van der Waals surface area contributed by atoms with E-state index in [1.54, 1.807) is 6.92 Å². The van der Waals surface area contributed by atoms with Crippen molar-refractivity contribution in [3.63, 3.8) is 0 Å². The molecular formula is C13H21N3O4. The summed E-state index contributed by atoms with van der Waals surface area (Å²) in [6.45, 7) is 2.04. The summed E-state index contributed by atoms with van der Waals surface area (Å²) >= 11 is 0. The first kappa shape index (κ1) is 14.6. The third kappa shape index (κ3) is 2.57. The smallest absolute Gasteiger partial charge is 0.326 e. The second-order valence-electron chi connectivity index (χ2n) is 5.58. The van der Waals surface area contributed by atoms with E-state index in [1.165, 1.54) is 11.9 Å². The van der Waals surface area contributed by atoms with Gasteiger partial charge in [-0.2, -0.15) is 0 Å². The summed E-state index contributed by atoms with van der Waals surface area (Å²) in [5, 5.41) is 14.4. The fraction of sp³-hybridized carbons (Fsp3) is 0.769. The first-order valence-electron chi connectivity index (χ1n) is 6.97. The van der Waals surface area contributed by atoms with Gasteiger partial charge in [0.15, 0.2) is 0 Å². The van der Waals surface area contributed by atoms with Gasteiger partial charge in [-0.05, 0) is 31.6 Å². The number of nitrogens with zero attached hydrogens (tertiary/aromatic N) is 1. The molecule has 0 aromatic carbocycles. The fourth-order valence-electron chi connectivity index (χ4n) is 3.38. The van der Waals surface area contributed by atoms with Crippen molar-refractivity contribution < 1.29 is 19.5 Å². The molecule has 3 amide bonds. The van der Waals surface area contributed by atoms with E-state index in [1.807, 2.05) is 0 Å². The summed E-state index contributed by atoms with van der Waals surface area (Å²) in [6, 6.07) is -1.91. The average molecular weight is 283 g/mol. The maximum atomic E-state index is 12.2. The van der Waals surface area contributed by atoms with Gasteiger partial charge in [-0.3, -0.25) is 4.79 Å². The maximum absolute atomic E-state index is 12.2. The summed E-state index contributed by atoms with van der Waals surface area (Å²) in [5.41, 5.74) is 0. The van der Waals surface area contributed by atoms with Gasteiger partial charge < -0.3 is 20.6 Å². The number of fused-ring (bicyclic) bond motifs is 1. The highest BCUT2D eigenvalue weighted by atomic mass is 16.4. The summed E-state index contributed by atoms with van der Waals surface area (Å²) < 4.78 is 0. The molecule has 4 atom stereocenters. The zero-order valence-corrected chi connectivity index (χ0v) is 11.8. The molecule has 1 aliphatic heterocycles. The van der Waals surface area contributed by atoms with Crippen molar-refractivity contribution in [2.75, 3.05) is 13.6 Å². The van der Waals surface area contributed by atoms with Crippen LogP contribution < -0.4 is 10.6 Å². The molecule has 0 aromatic heterocycles. The predicted molar refractivity (Wildman–Crippen MR) is 71.0 cm³/mol. The Hall–Kier alpha value is -1.79. The number of carboxylic acids is 1. The molecule has 2 fully saturated rings. The van der Waals surface area contributed by atoms with Gasteiger partial charge in [-0.1, -0.05) is 6.42 Å². The number of likely N-dealkylation sites (N-methyl/N-ethyl adjacent to an activating group) is 1. The first-order valence-corrected chi connectivity index (χ1v) is 6.97. The van der Waals surface area contributed by atoms with Gasteiger partial charge in [0.1, 0.15) is 12.1 Å². The Kier molecular flexibility index (Phi) is 4.15. The second kappa shape index (κ2) is 5.68. The number of rotatable bonds is 3. The van der Waals surface area contributed by atoms with Gasteiger partial charge >= 0.3 is 12.0 Å². The molecule has 0 aromatic rings. The second-order valence-corrected chi connectivity index (χ2v) is 5.58. The van der Waals surface area contributed by atoms with Crippen LogP contribution in [0.25, 0.3) is 0 Å². The predicted octanol–water partition coefficient (Wildman–Crippen LogP) is 0.0156. The number of hydrogen-bond acceptors (Lipinski definition) is 3. The van der Waals surface area contributed by atoms with Crippen molar-refractivity contribution >= 4 is 17.9 Å². The van der Waals surface area contributed by atoms with Gasteiger partial charge in [0.2, 0.25) is 5.91 Å². The van der Waals surface area contributed by atoms with E-state index in [4.69, 9.17) is 0 Å². The molecule has 0 radical (unpaired) electrons.